The van der Waals surface area contributed by atoms with Gasteiger partial charge in [-0.15, -0.1) is 0 Å². The molecule has 94 valence electrons. The van der Waals surface area contributed by atoms with Crippen LogP contribution in [0.4, 0.5) is 0 Å². The first-order valence-electron chi connectivity index (χ1n) is 5.78. The van der Waals surface area contributed by atoms with E-state index in [1.54, 1.807) is 26.6 Å². The quantitative estimate of drug-likeness (QED) is 0.855. The summed E-state index contributed by atoms with van der Waals surface area (Å²) in [6.07, 6.45) is 5.60. The van der Waals surface area contributed by atoms with Gasteiger partial charge in [0.2, 0.25) is 5.75 Å². The Morgan fingerprint density at radius 1 is 1.24 bits per heavy atom. The highest BCUT2D eigenvalue weighted by molar-refractivity contribution is 5.48. The van der Waals surface area contributed by atoms with Crippen LogP contribution in [-0.4, -0.2) is 38.4 Å². The van der Waals surface area contributed by atoms with Crippen LogP contribution in [0.1, 0.15) is 12.8 Å². The van der Waals surface area contributed by atoms with E-state index in [4.69, 9.17) is 14.2 Å². The lowest BCUT2D eigenvalue weighted by Crippen LogP contribution is -2.37. The van der Waals surface area contributed by atoms with E-state index < -0.39 is 0 Å². The number of methoxy groups -OCH3 is 2. The second kappa shape index (κ2) is 5.72. The molecular weight excluding hydrogens is 220 g/mol. The number of hydrogen-bond donors (Lipinski definition) is 1. The predicted octanol–water partition coefficient (Wildman–Crippen LogP) is 1.23. The van der Waals surface area contributed by atoms with Gasteiger partial charge in [0.15, 0.2) is 11.5 Å². The second-order valence-electron chi connectivity index (χ2n) is 3.96. The highest BCUT2D eigenvalue weighted by atomic mass is 16.5. The minimum atomic E-state index is 0.161. The third kappa shape index (κ3) is 2.79. The lowest BCUT2D eigenvalue weighted by molar-refractivity contribution is 0.154. The van der Waals surface area contributed by atoms with Crippen molar-refractivity contribution in [3.8, 4) is 17.2 Å². The molecule has 1 N–H and O–H groups in total. The Bertz CT molecular complexity index is 343. The third-order valence-corrected chi connectivity index (χ3v) is 2.81. The summed E-state index contributed by atoms with van der Waals surface area (Å²) in [5, 5.41) is 3.31. The maximum absolute atomic E-state index is 5.95. The minimum absolute atomic E-state index is 0.161. The van der Waals surface area contributed by atoms with E-state index in [0.29, 0.717) is 17.2 Å². The summed E-state index contributed by atoms with van der Waals surface area (Å²) in [4.78, 5) is 4.03. The van der Waals surface area contributed by atoms with Crippen LogP contribution in [0.3, 0.4) is 0 Å². The van der Waals surface area contributed by atoms with Gasteiger partial charge in [0, 0.05) is 6.54 Å². The molecule has 1 fully saturated rings. The summed E-state index contributed by atoms with van der Waals surface area (Å²) in [5.41, 5.74) is 0. The molecular formula is C12H18N2O3. The van der Waals surface area contributed by atoms with E-state index in [9.17, 15) is 0 Å². The van der Waals surface area contributed by atoms with Crippen molar-refractivity contribution < 1.29 is 14.2 Å². The van der Waals surface area contributed by atoms with E-state index in [2.05, 4.69) is 10.3 Å². The Morgan fingerprint density at radius 3 is 2.47 bits per heavy atom. The summed E-state index contributed by atoms with van der Waals surface area (Å²) >= 11 is 0. The molecule has 0 aliphatic carbocycles. The highest BCUT2D eigenvalue weighted by Crippen LogP contribution is 2.36. The van der Waals surface area contributed by atoms with Gasteiger partial charge in [-0.25, -0.2) is 0 Å². The topological polar surface area (TPSA) is 52.6 Å². The number of ether oxygens (including phenoxy) is 3. The molecule has 0 saturated carbocycles. The van der Waals surface area contributed by atoms with E-state index in [0.717, 1.165) is 25.9 Å². The number of aromatic nitrogens is 1. The Kier molecular flexibility index (Phi) is 4.03. The molecule has 1 saturated heterocycles. The predicted molar refractivity (Wildman–Crippen MR) is 63.9 cm³/mol. The van der Waals surface area contributed by atoms with Crippen molar-refractivity contribution in [3.63, 3.8) is 0 Å². The minimum Gasteiger partial charge on any atom is -0.491 e. The number of nitrogens with one attached hydrogen (secondary N) is 1. The fourth-order valence-electron chi connectivity index (χ4n) is 1.91. The molecule has 5 nitrogen and oxygen atoms in total. The van der Waals surface area contributed by atoms with Crippen LogP contribution in [0.15, 0.2) is 12.4 Å². The average molecular weight is 238 g/mol. The van der Waals surface area contributed by atoms with Gasteiger partial charge in [-0.2, -0.15) is 0 Å². The first-order valence-corrected chi connectivity index (χ1v) is 5.78. The fraction of sp³-hybridized carbons (Fsp3) is 0.583. The molecule has 2 heterocycles. The van der Waals surface area contributed by atoms with Crippen molar-refractivity contribution >= 4 is 0 Å². The fourth-order valence-corrected chi connectivity index (χ4v) is 1.91. The molecule has 0 amide bonds. The van der Waals surface area contributed by atoms with Crippen LogP contribution < -0.4 is 19.5 Å². The zero-order valence-electron chi connectivity index (χ0n) is 10.2. The van der Waals surface area contributed by atoms with Crippen molar-refractivity contribution in [1.82, 2.24) is 10.3 Å². The van der Waals surface area contributed by atoms with Gasteiger partial charge in [0.25, 0.3) is 0 Å². The van der Waals surface area contributed by atoms with Crippen molar-refractivity contribution in [1.29, 1.82) is 0 Å². The molecule has 0 aromatic carbocycles. The SMILES string of the molecule is COc1cncc(OC)c1OC1CCCNC1. The van der Waals surface area contributed by atoms with Gasteiger partial charge in [0.05, 0.1) is 26.6 Å². The van der Waals surface area contributed by atoms with Crippen LogP contribution in [0.2, 0.25) is 0 Å². The van der Waals surface area contributed by atoms with Gasteiger partial charge in [-0.1, -0.05) is 0 Å². The molecule has 1 aliphatic rings. The van der Waals surface area contributed by atoms with Crippen LogP contribution >= 0.6 is 0 Å². The van der Waals surface area contributed by atoms with E-state index >= 15 is 0 Å². The lowest BCUT2D eigenvalue weighted by atomic mass is 10.1. The monoisotopic (exact) mass is 238 g/mol. The summed E-state index contributed by atoms with van der Waals surface area (Å²) in [5.74, 6) is 1.85. The third-order valence-electron chi connectivity index (χ3n) is 2.81. The lowest BCUT2D eigenvalue weighted by Gasteiger charge is -2.25. The van der Waals surface area contributed by atoms with Crippen molar-refractivity contribution in [2.45, 2.75) is 18.9 Å². The van der Waals surface area contributed by atoms with Crippen molar-refractivity contribution in [3.05, 3.63) is 12.4 Å². The van der Waals surface area contributed by atoms with E-state index in [1.807, 2.05) is 0 Å². The second-order valence-corrected chi connectivity index (χ2v) is 3.96. The number of piperidine rings is 1. The molecule has 2 rings (SSSR count). The first-order chi connectivity index (χ1) is 8.35. The van der Waals surface area contributed by atoms with E-state index in [-0.39, 0.29) is 6.10 Å². The highest BCUT2D eigenvalue weighted by Gasteiger charge is 2.19. The van der Waals surface area contributed by atoms with Crippen molar-refractivity contribution in [2.75, 3.05) is 27.3 Å². The smallest absolute Gasteiger partial charge is 0.207 e. The van der Waals surface area contributed by atoms with Gasteiger partial charge < -0.3 is 19.5 Å². The molecule has 5 heteroatoms. The number of pyridine rings is 1. The molecule has 0 radical (unpaired) electrons. The Labute approximate surface area is 101 Å². The van der Waals surface area contributed by atoms with Crippen molar-refractivity contribution in [2.24, 2.45) is 0 Å². The normalized spacial score (nSPS) is 19.8. The zero-order valence-corrected chi connectivity index (χ0v) is 10.2. The standard InChI is InChI=1S/C12H18N2O3/c1-15-10-7-14-8-11(16-2)12(10)17-9-4-3-5-13-6-9/h7-9,13H,3-6H2,1-2H3. The molecule has 0 spiro atoms. The van der Waals surface area contributed by atoms with Crippen LogP contribution in [0, 0.1) is 0 Å². The van der Waals surface area contributed by atoms with Crippen LogP contribution in [0.25, 0.3) is 0 Å². The Hall–Kier alpha value is -1.49. The molecule has 1 aliphatic heterocycles. The van der Waals surface area contributed by atoms with Gasteiger partial charge in [-0.3, -0.25) is 4.98 Å². The molecule has 17 heavy (non-hydrogen) atoms. The molecule has 1 atom stereocenters. The van der Waals surface area contributed by atoms with Crippen LogP contribution in [-0.2, 0) is 0 Å². The van der Waals surface area contributed by atoms with Gasteiger partial charge in [0.1, 0.15) is 6.10 Å². The molecule has 1 unspecified atom stereocenters. The summed E-state index contributed by atoms with van der Waals surface area (Å²) in [7, 11) is 3.20. The summed E-state index contributed by atoms with van der Waals surface area (Å²) in [6.45, 7) is 1.92. The maximum atomic E-state index is 5.95. The number of nitrogens with zero attached hydrogens (tertiary/aromatic N) is 1. The number of rotatable bonds is 4. The average Bonchev–Trinajstić information content (AvgIpc) is 2.40. The zero-order chi connectivity index (χ0) is 12.1. The summed E-state index contributed by atoms with van der Waals surface area (Å²) < 4.78 is 16.4. The molecule has 1 aromatic rings. The first kappa shape index (κ1) is 12.0. The van der Waals surface area contributed by atoms with Gasteiger partial charge >= 0.3 is 0 Å². The Morgan fingerprint density at radius 2 is 1.94 bits per heavy atom. The number of hydrogen-bond acceptors (Lipinski definition) is 5. The Balaban J connectivity index is 2.16. The van der Waals surface area contributed by atoms with Crippen LogP contribution in [0.5, 0.6) is 17.2 Å². The molecule has 0 bridgehead atoms. The van der Waals surface area contributed by atoms with E-state index in [1.165, 1.54) is 0 Å². The summed E-state index contributed by atoms with van der Waals surface area (Å²) in [6, 6.07) is 0. The largest absolute Gasteiger partial charge is 0.491 e. The van der Waals surface area contributed by atoms with Gasteiger partial charge in [-0.05, 0) is 19.4 Å². The molecule has 1 aromatic heterocycles. The maximum Gasteiger partial charge on any atom is 0.207 e.